The van der Waals surface area contributed by atoms with Crippen LogP contribution in [0.5, 0.6) is 0 Å². The second kappa shape index (κ2) is 9.20. The maximum Gasteiger partial charge on any atom is 0.225 e. The van der Waals surface area contributed by atoms with E-state index in [-0.39, 0.29) is 5.92 Å². The first-order valence-corrected chi connectivity index (χ1v) is 11.0. The number of carbonyl (C=O) groups excluding carboxylic acids is 1. The van der Waals surface area contributed by atoms with E-state index in [4.69, 9.17) is 4.74 Å². The molecular weight excluding hydrogens is 336 g/mol. The third-order valence-corrected chi connectivity index (χ3v) is 6.70. The maximum atomic E-state index is 13.2. The van der Waals surface area contributed by atoms with E-state index in [1.165, 1.54) is 24.0 Å². The summed E-state index contributed by atoms with van der Waals surface area (Å²) in [5.74, 6) is 0.720. The van der Waals surface area contributed by atoms with Gasteiger partial charge in [-0.2, -0.15) is 0 Å². The van der Waals surface area contributed by atoms with Crippen molar-refractivity contribution in [1.82, 2.24) is 9.80 Å². The van der Waals surface area contributed by atoms with Crippen LogP contribution in [-0.2, 0) is 22.5 Å². The lowest BCUT2D eigenvalue weighted by atomic mass is 9.99. The highest BCUT2D eigenvalue weighted by Gasteiger charge is 2.32. The van der Waals surface area contributed by atoms with E-state index < -0.39 is 0 Å². The standard InChI is InChI=1S/C23H34N2O2/c26-23(20-7-2-3-8-20)25(22-11-16-27-17-12-22)14-5-13-24-15-10-19-6-1-4-9-21(19)18-24/h1,4,6,9,20,22H,2-3,5,7-8,10-18H2. The van der Waals surface area contributed by atoms with Crippen LogP contribution >= 0.6 is 0 Å². The van der Waals surface area contributed by atoms with Gasteiger partial charge in [-0.1, -0.05) is 37.1 Å². The van der Waals surface area contributed by atoms with Crippen LogP contribution in [-0.4, -0.2) is 54.6 Å². The Kier molecular flexibility index (Phi) is 6.46. The molecule has 2 fully saturated rings. The molecule has 0 radical (unpaired) electrons. The molecule has 3 aliphatic rings. The molecule has 0 N–H and O–H groups in total. The summed E-state index contributed by atoms with van der Waals surface area (Å²) in [6.07, 6.45) is 8.91. The third kappa shape index (κ3) is 4.72. The molecule has 0 spiro atoms. The molecule has 2 heterocycles. The first kappa shape index (κ1) is 18.9. The van der Waals surface area contributed by atoms with Gasteiger partial charge in [-0.05, 0) is 49.7 Å². The lowest BCUT2D eigenvalue weighted by Gasteiger charge is -2.37. The van der Waals surface area contributed by atoms with Crippen molar-refractivity contribution in [1.29, 1.82) is 0 Å². The van der Waals surface area contributed by atoms with Gasteiger partial charge >= 0.3 is 0 Å². The molecule has 4 rings (SSSR count). The number of rotatable bonds is 6. The van der Waals surface area contributed by atoms with Crippen molar-refractivity contribution in [2.24, 2.45) is 5.92 Å². The number of carbonyl (C=O) groups is 1. The van der Waals surface area contributed by atoms with E-state index in [1.54, 1.807) is 0 Å². The lowest BCUT2D eigenvalue weighted by Crippen LogP contribution is -2.47. The fraction of sp³-hybridized carbons (Fsp3) is 0.696. The summed E-state index contributed by atoms with van der Waals surface area (Å²) in [6, 6.07) is 9.22. The topological polar surface area (TPSA) is 32.8 Å². The molecule has 4 heteroatoms. The number of ether oxygens (including phenoxy) is 1. The minimum absolute atomic E-state index is 0.287. The Morgan fingerprint density at radius 1 is 1.07 bits per heavy atom. The van der Waals surface area contributed by atoms with Gasteiger partial charge in [0.25, 0.3) is 0 Å². The average Bonchev–Trinajstić information content (AvgIpc) is 3.26. The fourth-order valence-corrected chi connectivity index (χ4v) is 5.09. The predicted molar refractivity (Wildman–Crippen MR) is 108 cm³/mol. The Balaban J connectivity index is 1.32. The predicted octanol–water partition coefficient (Wildman–Crippen LogP) is 3.63. The van der Waals surface area contributed by atoms with Crippen LogP contribution < -0.4 is 0 Å². The molecule has 0 atom stereocenters. The smallest absolute Gasteiger partial charge is 0.225 e. The summed E-state index contributed by atoms with van der Waals surface area (Å²) in [6.45, 7) is 5.82. The van der Waals surface area contributed by atoms with E-state index in [0.717, 1.165) is 77.9 Å². The summed E-state index contributed by atoms with van der Waals surface area (Å²) in [5, 5.41) is 0. The van der Waals surface area contributed by atoms with Gasteiger partial charge in [0.1, 0.15) is 0 Å². The van der Waals surface area contributed by atoms with Crippen molar-refractivity contribution in [2.75, 3.05) is 32.8 Å². The Bertz CT molecular complexity index is 621. The molecule has 4 nitrogen and oxygen atoms in total. The first-order chi connectivity index (χ1) is 13.3. The molecule has 1 saturated heterocycles. The van der Waals surface area contributed by atoms with E-state index in [9.17, 15) is 4.79 Å². The molecule has 148 valence electrons. The van der Waals surface area contributed by atoms with E-state index in [2.05, 4.69) is 34.1 Å². The van der Waals surface area contributed by atoms with Crippen molar-refractivity contribution >= 4 is 5.91 Å². The molecule has 1 aliphatic carbocycles. The minimum atomic E-state index is 0.287. The van der Waals surface area contributed by atoms with Crippen LogP contribution in [0.15, 0.2) is 24.3 Å². The summed E-state index contributed by atoms with van der Waals surface area (Å²) in [5.41, 5.74) is 2.99. The summed E-state index contributed by atoms with van der Waals surface area (Å²) < 4.78 is 5.54. The second-order valence-corrected chi connectivity index (χ2v) is 8.50. The SMILES string of the molecule is O=C(C1CCCC1)N(CCCN1CCc2ccccc2C1)C1CCOCC1. The largest absolute Gasteiger partial charge is 0.381 e. The fourth-order valence-electron chi connectivity index (χ4n) is 5.09. The molecule has 2 aliphatic heterocycles. The van der Waals surface area contributed by atoms with E-state index >= 15 is 0 Å². The Morgan fingerprint density at radius 3 is 2.59 bits per heavy atom. The van der Waals surface area contributed by atoms with Gasteiger partial charge in [0.2, 0.25) is 5.91 Å². The zero-order valence-electron chi connectivity index (χ0n) is 16.6. The Morgan fingerprint density at radius 2 is 1.81 bits per heavy atom. The van der Waals surface area contributed by atoms with Crippen molar-refractivity contribution in [2.45, 2.75) is 64.0 Å². The average molecular weight is 371 g/mol. The monoisotopic (exact) mass is 370 g/mol. The lowest BCUT2D eigenvalue weighted by molar-refractivity contribution is -0.139. The molecule has 0 unspecified atom stereocenters. The van der Waals surface area contributed by atoms with Gasteiger partial charge in [-0.25, -0.2) is 0 Å². The number of hydrogen-bond acceptors (Lipinski definition) is 3. The molecular formula is C23H34N2O2. The van der Waals surface area contributed by atoms with Gasteiger partial charge in [-0.3, -0.25) is 9.69 Å². The first-order valence-electron chi connectivity index (χ1n) is 11.0. The number of hydrogen-bond donors (Lipinski definition) is 0. The van der Waals surface area contributed by atoms with Crippen molar-refractivity contribution < 1.29 is 9.53 Å². The maximum absolute atomic E-state index is 13.2. The van der Waals surface area contributed by atoms with Crippen LogP contribution in [0, 0.1) is 5.92 Å². The van der Waals surface area contributed by atoms with Crippen molar-refractivity contribution in [3.63, 3.8) is 0 Å². The molecule has 0 aromatic heterocycles. The zero-order valence-corrected chi connectivity index (χ0v) is 16.6. The van der Waals surface area contributed by atoms with Crippen LogP contribution in [0.2, 0.25) is 0 Å². The van der Waals surface area contributed by atoms with Gasteiger partial charge in [0.15, 0.2) is 0 Å². The summed E-state index contributed by atoms with van der Waals surface area (Å²) in [7, 11) is 0. The molecule has 1 saturated carbocycles. The molecule has 1 aromatic rings. The molecule has 1 amide bonds. The molecule has 0 bridgehead atoms. The number of amides is 1. The zero-order chi connectivity index (χ0) is 18.5. The quantitative estimate of drug-likeness (QED) is 0.766. The highest BCUT2D eigenvalue weighted by atomic mass is 16.5. The number of benzene rings is 1. The molecule has 1 aromatic carbocycles. The van der Waals surface area contributed by atoms with Crippen LogP contribution in [0.25, 0.3) is 0 Å². The number of fused-ring (bicyclic) bond motifs is 1. The normalized spacial score (nSPS) is 21.9. The minimum Gasteiger partial charge on any atom is -0.381 e. The van der Waals surface area contributed by atoms with Gasteiger partial charge in [0, 0.05) is 51.4 Å². The van der Waals surface area contributed by atoms with Crippen molar-refractivity contribution in [3.05, 3.63) is 35.4 Å². The van der Waals surface area contributed by atoms with Crippen LogP contribution in [0.1, 0.15) is 56.1 Å². The van der Waals surface area contributed by atoms with Gasteiger partial charge in [-0.15, -0.1) is 0 Å². The summed E-state index contributed by atoms with van der Waals surface area (Å²) in [4.78, 5) is 18.0. The van der Waals surface area contributed by atoms with Gasteiger partial charge in [0.05, 0.1) is 0 Å². The number of nitrogens with zero attached hydrogens (tertiary/aromatic N) is 2. The second-order valence-electron chi connectivity index (χ2n) is 8.50. The van der Waals surface area contributed by atoms with Crippen molar-refractivity contribution in [3.8, 4) is 0 Å². The van der Waals surface area contributed by atoms with Crippen LogP contribution in [0.4, 0.5) is 0 Å². The van der Waals surface area contributed by atoms with Gasteiger partial charge < -0.3 is 9.64 Å². The Hall–Kier alpha value is -1.39. The van der Waals surface area contributed by atoms with Crippen LogP contribution in [0.3, 0.4) is 0 Å². The molecule has 27 heavy (non-hydrogen) atoms. The highest BCUT2D eigenvalue weighted by molar-refractivity contribution is 5.79. The van der Waals surface area contributed by atoms with E-state index in [1.807, 2.05) is 0 Å². The highest BCUT2D eigenvalue weighted by Crippen LogP contribution is 2.29. The summed E-state index contributed by atoms with van der Waals surface area (Å²) >= 11 is 0. The Labute approximate surface area is 163 Å². The third-order valence-electron chi connectivity index (χ3n) is 6.70. The van der Waals surface area contributed by atoms with E-state index in [0.29, 0.717) is 11.9 Å².